The van der Waals surface area contributed by atoms with Gasteiger partial charge in [-0.3, -0.25) is 9.59 Å². The highest BCUT2D eigenvalue weighted by atomic mass is 16.5. The fourth-order valence-corrected chi connectivity index (χ4v) is 9.73. The fraction of sp³-hybridized carbons (Fsp3) is 0.867. The van der Waals surface area contributed by atoms with Gasteiger partial charge in [-0.2, -0.15) is 0 Å². The van der Waals surface area contributed by atoms with Crippen molar-refractivity contribution in [1.29, 1.82) is 0 Å². The Morgan fingerprint density at radius 3 is 2.31 bits per heavy atom. The van der Waals surface area contributed by atoms with Gasteiger partial charge in [0.1, 0.15) is 6.10 Å². The molecule has 10 atom stereocenters. The van der Waals surface area contributed by atoms with Gasteiger partial charge >= 0.3 is 5.97 Å². The Balaban J connectivity index is 1.81. The normalized spacial score (nSPS) is 48.0. The maximum Gasteiger partial charge on any atom is 0.308 e. The summed E-state index contributed by atoms with van der Waals surface area (Å²) in [5, 5.41) is 20.9. The smallest absolute Gasteiger partial charge is 0.308 e. The number of hydrogen-bond acceptors (Lipinski definition) is 5. The monoisotopic (exact) mass is 488 g/mol. The van der Waals surface area contributed by atoms with Gasteiger partial charge in [0, 0.05) is 11.0 Å². The maximum absolute atomic E-state index is 12.9. The number of Topliss-reactive ketones (excluding diaryl/α,β-unsaturated/α-hetero) is 1. The molecule has 5 nitrogen and oxygen atoms in total. The molecule has 0 aromatic rings. The first-order valence-corrected chi connectivity index (χ1v) is 14.0. The molecule has 0 amide bonds. The van der Waals surface area contributed by atoms with E-state index in [0.29, 0.717) is 29.2 Å². The number of esters is 1. The summed E-state index contributed by atoms with van der Waals surface area (Å²) in [6.07, 6.45) is 8.56. The molecular formula is C30H48O5. The zero-order valence-corrected chi connectivity index (χ0v) is 23.0. The Kier molecular flexibility index (Phi) is 6.88. The van der Waals surface area contributed by atoms with Crippen molar-refractivity contribution < 1.29 is 24.5 Å². The van der Waals surface area contributed by atoms with Crippen LogP contribution in [0.1, 0.15) is 106 Å². The molecule has 2 N–H and O–H groups in total. The topological polar surface area (TPSA) is 83.8 Å². The van der Waals surface area contributed by atoms with Crippen molar-refractivity contribution in [3.8, 4) is 0 Å². The van der Waals surface area contributed by atoms with Crippen LogP contribution in [0.4, 0.5) is 0 Å². The second kappa shape index (κ2) is 8.97. The molecule has 4 rings (SSSR count). The molecule has 198 valence electrons. The number of aliphatic hydroxyl groups is 2. The molecule has 4 aliphatic rings. The van der Waals surface area contributed by atoms with Crippen LogP contribution >= 0.6 is 0 Å². The van der Waals surface area contributed by atoms with Crippen LogP contribution in [0.25, 0.3) is 0 Å². The van der Waals surface area contributed by atoms with Crippen LogP contribution in [0.5, 0.6) is 0 Å². The molecule has 0 radical (unpaired) electrons. The van der Waals surface area contributed by atoms with Crippen molar-refractivity contribution in [3.05, 3.63) is 11.6 Å². The van der Waals surface area contributed by atoms with Crippen molar-refractivity contribution in [3.63, 3.8) is 0 Å². The summed E-state index contributed by atoms with van der Waals surface area (Å²) in [5.74, 6) is 0.643. The van der Waals surface area contributed by atoms with E-state index in [0.717, 1.165) is 12.8 Å². The molecule has 5 heteroatoms. The van der Waals surface area contributed by atoms with Crippen molar-refractivity contribution >= 4 is 11.8 Å². The minimum absolute atomic E-state index is 0.00102. The van der Waals surface area contributed by atoms with Crippen LogP contribution in [-0.4, -0.2) is 40.3 Å². The maximum atomic E-state index is 12.9. The predicted octanol–water partition coefficient (Wildman–Crippen LogP) is 5.61. The molecule has 0 aliphatic heterocycles. The highest BCUT2D eigenvalue weighted by Gasteiger charge is 2.67. The third-order valence-electron chi connectivity index (χ3n) is 11.6. The highest BCUT2D eigenvalue weighted by molar-refractivity contribution is 5.94. The summed E-state index contributed by atoms with van der Waals surface area (Å²) in [4.78, 5) is 25.3. The Morgan fingerprint density at radius 2 is 1.71 bits per heavy atom. The van der Waals surface area contributed by atoms with E-state index in [9.17, 15) is 19.8 Å². The summed E-state index contributed by atoms with van der Waals surface area (Å²) in [5.41, 5.74) is 0.423. The molecule has 0 aromatic carbocycles. The van der Waals surface area contributed by atoms with Crippen LogP contribution < -0.4 is 0 Å². The van der Waals surface area contributed by atoms with Crippen LogP contribution in [0.15, 0.2) is 11.6 Å². The fourth-order valence-electron chi connectivity index (χ4n) is 9.73. The number of carbonyl (C=O) groups is 2. The first kappa shape index (κ1) is 26.9. The second-order valence-corrected chi connectivity index (χ2v) is 13.6. The van der Waals surface area contributed by atoms with Gasteiger partial charge in [0.25, 0.3) is 0 Å². The summed E-state index contributed by atoms with van der Waals surface area (Å²) < 4.78 is 6.20. The first-order valence-electron chi connectivity index (χ1n) is 14.0. The van der Waals surface area contributed by atoms with Gasteiger partial charge in [-0.05, 0) is 86.4 Å². The minimum Gasteiger partial charge on any atom is -0.461 e. The summed E-state index contributed by atoms with van der Waals surface area (Å²) in [6, 6.07) is 0. The van der Waals surface area contributed by atoms with Crippen LogP contribution in [-0.2, 0) is 14.3 Å². The largest absolute Gasteiger partial charge is 0.461 e. The van der Waals surface area contributed by atoms with E-state index in [4.69, 9.17) is 4.74 Å². The molecule has 0 bridgehead atoms. The van der Waals surface area contributed by atoms with E-state index in [1.54, 1.807) is 6.92 Å². The number of ether oxygens (including phenoxy) is 1. The molecule has 1 unspecified atom stereocenters. The number of carbonyl (C=O) groups excluding carboxylic acids is 2. The lowest BCUT2D eigenvalue weighted by atomic mass is 9.35. The zero-order chi connectivity index (χ0) is 26.0. The van der Waals surface area contributed by atoms with E-state index in [1.165, 1.54) is 39.0 Å². The van der Waals surface area contributed by atoms with Crippen molar-refractivity contribution in [2.45, 2.75) is 125 Å². The summed E-state index contributed by atoms with van der Waals surface area (Å²) >= 11 is 0. The number of hydrogen-bond donors (Lipinski definition) is 2. The molecule has 35 heavy (non-hydrogen) atoms. The average molecular weight is 489 g/mol. The van der Waals surface area contributed by atoms with Crippen molar-refractivity contribution in [2.24, 2.45) is 39.4 Å². The lowest BCUT2D eigenvalue weighted by Crippen LogP contribution is -2.65. The van der Waals surface area contributed by atoms with E-state index in [-0.39, 0.29) is 41.0 Å². The molecule has 3 saturated carbocycles. The van der Waals surface area contributed by atoms with Gasteiger partial charge in [0.2, 0.25) is 0 Å². The quantitative estimate of drug-likeness (QED) is 0.491. The Bertz CT molecular complexity index is 893. The number of aliphatic hydroxyl groups excluding tert-OH is 2. The Morgan fingerprint density at radius 1 is 1.06 bits per heavy atom. The van der Waals surface area contributed by atoms with Crippen molar-refractivity contribution in [2.75, 3.05) is 0 Å². The van der Waals surface area contributed by atoms with Gasteiger partial charge in [0.05, 0.1) is 18.6 Å². The molecule has 0 saturated heterocycles. The van der Waals surface area contributed by atoms with E-state index in [1.807, 2.05) is 6.08 Å². The zero-order valence-electron chi connectivity index (χ0n) is 23.0. The molecule has 0 aromatic heterocycles. The predicted molar refractivity (Wildman–Crippen MR) is 136 cm³/mol. The molecule has 4 aliphatic carbocycles. The standard InChI is InChI=1S/C30H48O5/c1-8-27(4)11-9-12-28(5)22(27)10-13-29(6)23-15-21(33)20(19(3)32)17-30(23,7)25(16-24(28)29)35-26(34)14-18(2)31/h17-18,21-25,31,33H,8-16H2,1-7H3/t18?,21-,22+,23+,24-,25+,27+,28+,29+,30-/m1/s1. The highest BCUT2D eigenvalue weighted by Crippen LogP contribution is 2.72. The number of ketones is 1. The second-order valence-electron chi connectivity index (χ2n) is 13.6. The number of fused-ring (bicyclic) bond motifs is 5. The third kappa shape index (κ3) is 4.13. The summed E-state index contributed by atoms with van der Waals surface area (Å²) in [6.45, 7) is 15.0. The van der Waals surface area contributed by atoms with E-state index >= 15 is 0 Å². The average Bonchev–Trinajstić information content (AvgIpc) is 2.75. The van der Waals surface area contributed by atoms with Crippen LogP contribution in [0.3, 0.4) is 0 Å². The first-order chi connectivity index (χ1) is 16.2. The van der Waals surface area contributed by atoms with Crippen LogP contribution in [0, 0.1) is 39.4 Å². The Hall–Kier alpha value is -1.20. The molecule has 0 heterocycles. The van der Waals surface area contributed by atoms with Gasteiger partial charge in [-0.15, -0.1) is 0 Å². The lowest BCUT2D eigenvalue weighted by molar-refractivity contribution is -0.229. The molecular weight excluding hydrogens is 440 g/mol. The van der Waals surface area contributed by atoms with Gasteiger partial charge < -0.3 is 14.9 Å². The van der Waals surface area contributed by atoms with E-state index in [2.05, 4.69) is 34.6 Å². The van der Waals surface area contributed by atoms with Crippen molar-refractivity contribution in [1.82, 2.24) is 0 Å². The van der Waals surface area contributed by atoms with Gasteiger partial charge in [-0.25, -0.2) is 0 Å². The van der Waals surface area contributed by atoms with E-state index < -0.39 is 17.6 Å². The third-order valence-corrected chi connectivity index (χ3v) is 11.6. The Labute approximate surface area is 212 Å². The lowest BCUT2D eigenvalue weighted by Gasteiger charge is -2.70. The summed E-state index contributed by atoms with van der Waals surface area (Å²) in [7, 11) is 0. The van der Waals surface area contributed by atoms with Gasteiger partial charge in [-0.1, -0.05) is 53.5 Å². The molecule has 0 spiro atoms. The number of rotatable bonds is 5. The SMILES string of the molecule is CC[C@@]1(C)CCC[C@]2(C)[C@H]3C[C@H](OC(=O)CC(C)O)[C@]4(C)C=C(C(C)=O)[C@H](O)C[C@H]4[C@]3(C)CC[C@@H]12. The van der Waals surface area contributed by atoms with Gasteiger partial charge in [0.15, 0.2) is 5.78 Å². The molecule has 3 fully saturated rings. The van der Waals surface area contributed by atoms with Crippen LogP contribution in [0.2, 0.25) is 0 Å². The minimum atomic E-state index is -0.771.